The van der Waals surface area contributed by atoms with Gasteiger partial charge in [0.05, 0.1) is 0 Å². The molecule has 0 fully saturated rings. The maximum atomic E-state index is 11.9. The third-order valence-electron chi connectivity index (χ3n) is 1.43. The van der Waals surface area contributed by atoms with Gasteiger partial charge in [-0.3, -0.25) is 5.01 Å². The molecular weight excluding hydrogens is 159 g/mol. The average molecular weight is 167 g/mol. The largest absolute Gasteiger partial charge is 0.425 e. The van der Waals surface area contributed by atoms with Crippen molar-refractivity contribution in [2.75, 3.05) is 7.05 Å². The molecule has 0 saturated heterocycles. The molecule has 1 unspecified atom stereocenters. The number of amidine groups is 1. The van der Waals surface area contributed by atoms with Crippen LogP contribution >= 0.6 is 0 Å². The third-order valence-corrected chi connectivity index (χ3v) is 1.43. The lowest BCUT2D eigenvalue weighted by Crippen LogP contribution is -2.43. The Morgan fingerprint density at radius 3 is 2.27 bits per heavy atom. The Morgan fingerprint density at radius 2 is 2.09 bits per heavy atom. The Hall–Kier alpha value is -0.780. The van der Waals surface area contributed by atoms with Crippen LogP contribution in [0.3, 0.4) is 0 Å². The van der Waals surface area contributed by atoms with Crippen LogP contribution in [0.4, 0.5) is 13.2 Å². The van der Waals surface area contributed by atoms with Gasteiger partial charge in [0, 0.05) is 7.05 Å². The molecule has 1 rings (SSSR count). The van der Waals surface area contributed by atoms with Gasteiger partial charge in [-0.1, -0.05) is 0 Å². The van der Waals surface area contributed by atoms with Gasteiger partial charge in [-0.05, 0) is 6.92 Å². The number of rotatable bonds is 0. The van der Waals surface area contributed by atoms with Crippen LogP contribution in [0.1, 0.15) is 6.92 Å². The molecule has 1 N–H and O–H groups in total. The van der Waals surface area contributed by atoms with Gasteiger partial charge < -0.3 is 0 Å². The number of nitrogens with one attached hydrogen (secondary N) is 1. The normalized spacial score (nSPS) is 25.7. The average Bonchev–Trinajstić information content (AvgIpc) is 2.11. The lowest BCUT2D eigenvalue weighted by molar-refractivity contribution is -0.157. The number of hydrogen-bond acceptors (Lipinski definition) is 3. The molecule has 0 radical (unpaired) electrons. The van der Waals surface area contributed by atoms with Crippen LogP contribution in [0.2, 0.25) is 0 Å². The van der Waals surface area contributed by atoms with Crippen LogP contribution in [0.15, 0.2) is 4.99 Å². The summed E-state index contributed by atoms with van der Waals surface area (Å²) in [4.78, 5) is 3.35. The highest BCUT2D eigenvalue weighted by atomic mass is 19.4. The van der Waals surface area contributed by atoms with Gasteiger partial charge in [0.2, 0.25) is 6.17 Å². The maximum absolute atomic E-state index is 11.9. The fraction of sp³-hybridized carbons (Fsp3) is 0.800. The minimum Gasteiger partial charge on any atom is -0.297 e. The van der Waals surface area contributed by atoms with Crippen molar-refractivity contribution in [3.63, 3.8) is 0 Å². The zero-order valence-corrected chi connectivity index (χ0v) is 6.11. The van der Waals surface area contributed by atoms with Crippen LogP contribution in [0.25, 0.3) is 0 Å². The van der Waals surface area contributed by atoms with Gasteiger partial charge in [0.1, 0.15) is 5.84 Å². The van der Waals surface area contributed by atoms with Crippen molar-refractivity contribution in [1.82, 2.24) is 10.4 Å². The molecule has 0 aromatic carbocycles. The van der Waals surface area contributed by atoms with Crippen molar-refractivity contribution >= 4 is 5.84 Å². The molecule has 1 aliphatic rings. The molecule has 1 aliphatic heterocycles. The molecule has 0 saturated carbocycles. The summed E-state index contributed by atoms with van der Waals surface area (Å²) in [5, 5.41) is 1.25. The van der Waals surface area contributed by atoms with Crippen LogP contribution in [-0.2, 0) is 0 Å². The first-order valence-corrected chi connectivity index (χ1v) is 3.02. The SMILES string of the molecule is CC1=NC(C(F)(F)F)NN1C. The molecule has 0 aromatic heterocycles. The van der Waals surface area contributed by atoms with Crippen LogP contribution in [-0.4, -0.2) is 30.2 Å². The first-order valence-electron chi connectivity index (χ1n) is 3.02. The fourth-order valence-corrected chi connectivity index (χ4v) is 0.726. The smallest absolute Gasteiger partial charge is 0.297 e. The van der Waals surface area contributed by atoms with Gasteiger partial charge in [-0.25, -0.2) is 10.4 Å². The molecule has 0 spiro atoms. The van der Waals surface area contributed by atoms with Crippen LogP contribution in [0.5, 0.6) is 0 Å². The summed E-state index contributed by atoms with van der Waals surface area (Å²) in [6, 6.07) is 0. The summed E-state index contributed by atoms with van der Waals surface area (Å²) in [6.07, 6.45) is -6.07. The van der Waals surface area contributed by atoms with E-state index in [1.807, 2.05) is 0 Å². The molecule has 0 bridgehead atoms. The number of halogens is 3. The standard InChI is InChI=1S/C5H8F3N3/c1-3-9-4(5(6,7)8)10-11(3)2/h4,10H,1-2H3. The number of hydrazine groups is 1. The number of aliphatic imine (C=N–C) groups is 1. The number of alkyl halides is 3. The summed E-state index contributed by atoms with van der Waals surface area (Å²) in [7, 11) is 1.49. The highest BCUT2D eigenvalue weighted by Crippen LogP contribution is 2.23. The minimum atomic E-state index is -4.30. The predicted octanol–water partition coefficient (Wildman–Crippen LogP) is 0.743. The second kappa shape index (κ2) is 2.37. The molecule has 6 heteroatoms. The van der Waals surface area contributed by atoms with Gasteiger partial charge >= 0.3 is 6.18 Å². The lowest BCUT2D eigenvalue weighted by atomic mass is 10.5. The van der Waals surface area contributed by atoms with Crippen molar-refractivity contribution in [3.05, 3.63) is 0 Å². The fourth-order valence-electron chi connectivity index (χ4n) is 0.726. The van der Waals surface area contributed by atoms with E-state index >= 15 is 0 Å². The van der Waals surface area contributed by atoms with Gasteiger partial charge in [-0.15, -0.1) is 0 Å². The van der Waals surface area contributed by atoms with Crippen LogP contribution in [0, 0.1) is 0 Å². The molecule has 0 aliphatic carbocycles. The van der Waals surface area contributed by atoms with E-state index in [1.54, 1.807) is 0 Å². The van der Waals surface area contributed by atoms with E-state index in [-0.39, 0.29) is 0 Å². The first-order chi connectivity index (χ1) is 4.91. The van der Waals surface area contributed by atoms with E-state index in [0.29, 0.717) is 5.84 Å². The molecule has 11 heavy (non-hydrogen) atoms. The highest BCUT2D eigenvalue weighted by Gasteiger charge is 2.43. The summed E-state index contributed by atoms with van der Waals surface area (Å²) in [5.41, 5.74) is 2.15. The zero-order chi connectivity index (χ0) is 8.65. The maximum Gasteiger partial charge on any atom is 0.425 e. The second-order valence-corrected chi connectivity index (χ2v) is 2.31. The van der Waals surface area contributed by atoms with Gasteiger partial charge in [0.15, 0.2) is 0 Å². The molecule has 1 heterocycles. The monoisotopic (exact) mass is 167 g/mol. The van der Waals surface area contributed by atoms with E-state index in [9.17, 15) is 13.2 Å². The number of nitrogens with zero attached hydrogens (tertiary/aromatic N) is 2. The summed E-state index contributed by atoms with van der Waals surface area (Å²) in [5.74, 6) is 0.340. The minimum absolute atomic E-state index is 0.340. The van der Waals surface area contributed by atoms with Crippen molar-refractivity contribution < 1.29 is 13.2 Å². The Balaban J connectivity index is 2.68. The van der Waals surface area contributed by atoms with Crippen molar-refractivity contribution in [3.8, 4) is 0 Å². The molecule has 1 atom stereocenters. The Bertz CT molecular complexity index is 186. The Labute approximate surface area is 61.9 Å². The molecule has 64 valence electrons. The highest BCUT2D eigenvalue weighted by molar-refractivity contribution is 5.80. The second-order valence-electron chi connectivity index (χ2n) is 2.31. The number of hydrogen-bond donors (Lipinski definition) is 1. The Kier molecular flexibility index (Phi) is 1.79. The van der Waals surface area contributed by atoms with Crippen molar-refractivity contribution in [1.29, 1.82) is 0 Å². The van der Waals surface area contributed by atoms with Crippen molar-refractivity contribution in [2.45, 2.75) is 19.3 Å². The molecule has 3 nitrogen and oxygen atoms in total. The lowest BCUT2D eigenvalue weighted by Gasteiger charge is -2.15. The van der Waals surface area contributed by atoms with E-state index in [2.05, 4.69) is 10.4 Å². The summed E-state index contributed by atoms with van der Waals surface area (Å²) >= 11 is 0. The summed E-state index contributed by atoms with van der Waals surface area (Å²) in [6.45, 7) is 1.51. The first kappa shape index (κ1) is 8.32. The van der Waals surface area contributed by atoms with E-state index in [4.69, 9.17) is 0 Å². The molecule has 0 amide bonds. The van der Waals surface area contributed by atoms with E-state index < -0.39 is 12.3 Å². The molecular formula is C5H8F3N3. The Morgan fingerprint density at radius 1 is 1.55 bits per heavy atom. The van der Waals surface area contributed by atoms with E-state index in [0.717, 1.165) is 0 Å². The third kappa shape index (κ3) is 1.62. The predicted molar refractivity (Wildman–Crippen MR) is 33.9 cm³/mol. The van der Waals surface area contributed by atoms with Gasteiger partial charge in [0.25, 0.3) is 0 Å². The quantitative estimate of drug-likeness (QED) is 0.576. The zero-order valence-electron chi connectivity index (χ0n) is 6.11. The molecule has 0 aromatic rings. The van der Waals surface area contributed by atoms with Gasteiger partial charge in [-0.2, -0.15) is 13.2 Å². The van der Waals surface area contributed by atoms with Crippen LogP contribution < -0.4 is 5.43 Å². The van der Waals surface area contributed by atoms with Crippen molar-refractivity contribution in [2.24, 2.45) is 4.99 Å². The topological polar surface area (TPSA) is 27.6 Å². The van der Waals surface area contributed by atoms with E-state index in [1.165, 1.54) is 19.0 Å². The summed E-state index contributed by atoms with van der Waals surface area (Å²) < 4.78 is 35.7.